The molecule has 0 N–H and O–H groups in total. The van der Waals surface area contributed by atoms with Crippen molar-refractivity contribution in [2.75, 3.05) is 0 Å². The van der Waals surface area contributed by atoms with Crippen molar-refractivity contribution in [1.29, 1.82) is 0 Å². The van der Waals surface area contributed by atoms with Gasteiger partial charge in [0.25, 0.3) is 0 Å². The fraction of sp³-hybridized carbons (Fsp3) is 0.0172. The Morgan fingerprint density at radius 1 is 0.397 bits per heavy atom. The molecule has 2 aromatic heterocycles. The SMILES string of the molecule is C=N/C(=N\C(=N/Cc1ccccc1)c1ccccc1)c1cccc(-c2cccc3c2c2ccccc2n3-c2cccc(-c3ccc4c(c3)c3ccccc3n4-c3ccccc3)c2)c1. The van der Waals surface area contributed by atoms with Crippen LogP contribution in [0, 0.1) is 0 Å². The molecule has 11 rings (SSSR count). The van der Waals surface area contributed by atoms with Crippen LogP contribution in [0.15, 0.2) is 239 Å². The zero-order valence-corrected chi connectivity index (χ0v) is 34.5. The Hall–Kier alpha value is -8.41. The predicted octanol–water partition coefficient (Wildman–Crippen LogP) is 14.3. The molecule has 298 valence electrons. The number of para-hydroxylation sites is 3. The van der Waals surface area contributed by atoms with Crippen molar-refractivity contribution in [3.8, 4) is 33.6 Å². The maximum absolute atomic E-state index is 5.05. The standard InChI is InChI=1S/C58H41N5/c1-59-57(61-58(41-20-7-3-8-21-41)60-39-40-18-5-2-6-19-40)45-24-15-23-44(36-45)48-30-17-33-55-56(48)50-29-12-14-32-53(50)63(55)47-27-16-22-42(37-47)43-34-35-54-51(38-43)49-28-11-13-31-52(49)62(54)46-25-9-4-10-26-46/h2-38H,1,39H2/b60-58-,61-57-. The number of aliphatic imine (C=N–C) groups is 3. The summed E-state index contributed by atoms with van der Waals surface area (Å²) in [5, 5.41) is 4.84. The van der Waals surface area contributed by atoms with Gasteiger partial charge in [0.05, 0.1) is 28.6 Å². The summed E-state index contributed by atoms with van der Waals surface area (Å²) < 4.78 is 4.76. The van der Waals surface area contributed by atoms with Gasteiger partial charge in [-0.1, -0.05) is 164 Å². The van der Waals surface area contributed by atoms with Crippen LogP contribution in [0.5, 0.6) is 0 Å². The van der Waals surface area contributed by atoms with Crippen molar-refractivity contribution >= 4 is 62.0 Å². The summed E-state index contributed by atoms with van der Waals surface area (Å²) in [6, 6.07) is 79.1. The smallest absolute Gasteiger partial charge is 0.161 e. The van der Waals surface area contributed by atoms with Crippen molar-refractivity contribution in [3.63, 3.8) is 0 Å². The lowest BCUT2D eigenvalue weighted by atomic mass is 9.97. The van der Waals surface area contributed by atoms with Crippen LogP contribution >= 0.6 is 0 Å². The lowest BCUT2D eigenvalue weighted by Crippen LogP contribution is -2.05. The summed E-state index contributed by atoms with van der Waals surface area (Å²) in [4.78, 5) is 14.5. The molecule has 0 saturated heterocycles. The van der Waals surface area contributed by atoms with Crippen molar-refractivity contribution in [2.45, 2.75) is 6.54 Å². The molecule has 63 heavy (non-hydrogen) atoms. The third-order valence-corrected chi connectivity index (χ3v) is 11.9. The van der Waals surface area contributed by atoms with Gasteiger partial charge in [-0.3, -0.25) is 4.99 Å². The summed E-state index contributed by atoms with van der Waals surface area (Å²) in [6.45, 7) is 4.47. The van der Waals surface area contributed by atoms with Crippen LogP contribution < -0.4 is 0 Å². The summed E-state index contributed by atoms with van der Waals surface area (Å²) in [7, 11) is 0. The highest BCUT2D eigenvalue weighted by molar-refractivity contribution is 6.17. The van der Waals surface area contributed by atoms with Crippen LogP contribution in [0.2, 0.25) is 0 Å². The number of aromatic nitrogens is 2. The fourth-order valence-electron chi connectivity index (χ4n) is 9.02. The molecule has 0 unspecified atom stereocenters. The van der Waals surface area contributed by atoms with Crippen LogP contribution in [0.4, 0.5) is 0 Å². The fourth-order valence-corrected chi connectivity index (χ4v) is 9.02. The van der Waals surface area contributed by atoms with Gasteiger partial charge < -0.3 is 9.13 Å². The molecule has 11 aromatic rings. The minimum Gasteiger partial charge on any atom is -0.309 e. The van der Waals surface area contributed by atoms with E-state index in [0.717, 1.165) is 55.8 Å². The van der Waals surface area contributed by atoms with E-state index in [0.29, 0.717) is 18.2 Å². The van der Waals surface area contributed by atoms with Gasteiger partial charge in [0.2, 0.25) is 0 Å². The predicted molar refractivity (Wildman–Crippen MR) is 265 cm³/mol. The van der Waals surface area contributed by atoms with E-state index in [4.69, 9.17) is 9.98 Å². The third-order valence-electron chi connectivity index (χ3n) is 11.9. The normalized spacial score (nSPS) is 12.1. The van der Waals surface area contributed by atoms with Gasteiger partial charge in [0, 0.05) is 44.0 Å². The minimum absolute atomic E-state index is 0.503. The maximum atomic E-state index is 5.05. The number of benzene rings is 9. The number of hydrogen-bond acceptors (Lipinski definition) is 1. The third kappa shape index (κ3) is 6.92. The Morgan fingerprint density at radius 3 is 1.76 bits per heavy atom. The second-order valence-corrected chi connectivity index (χ2v) is 15.7. The molecule has 5 heteroatoms. The monoisotopic (exact) mass is 807 g/mol. The second-order valence-electron chi connectivity index (χ2n) is 15.7. The quantitative estimate of drug-likeness (QED) is 0.108. The first-order valence-corrected chi connectivity index (χ1v) is 21.2. The van der Waals surface area contributed by atoms with Gasteiger partial charge in [0.1, 0.15) is 0 Å². The molecule has 5 nitrogen and oxygen atoms in total. The van der Waals surface area contributed by atoms with Gasteiger partial charge in [-0.05, 0) is 95.2 Å². The average Bonchev–Trinajstić information content (AvgIpc) is 3.88. The van der Waals surface area contributed by atoms with E-state index < -0.39 is 0 Å². The van der Waals surface area contributed by atoms with Gasteiger partial charge in [-0.25, -0.2) is 9.98 Å². The average molecular weight is 808 g/mol. The van der Waals surface area contributed by atoms with Crippen molar-refractivity contribution < 1.29 is 0 Å². The van der Waals surface area contributed by atoms with Gasteiger partial charge >= 0.3 is 0 Å². The Labute approximate surface area is 365 Å². The molecule has 0 radical (unpaired) electrons. The second kappa shape index (κ2) is 16.2. The van der Waals surface area contributed by atoms with Crippen molar-refractivity contribution in [3.05, 3.63) is 241 Å². The summed E-state index contributed by atoms with van der Waals surface area (Å²) >= 11 is 0. The van der Waals surface area contributed by atoms with Gasteiger partial charge in [-0.2, -0.15) is 0 Å². The van der Waals surface area contributed by atoms with E-state index in [1.54, 1.807) is 0 Å². The molecule has 0 aliphatic heterocycles. The number of hydrogen-bond donors (Lipinski definition) is 0. The van der Waals surface area contributed by atoms with Crippen LogP contribution in [0.25, 0.3) is 77.2 Å². The van der Waals surface area contributed by atoms with Gasteiger partial charge in [0.15, 0.2) is 11.7 Å². The Morgan fingerprint density at radius 2 is 0.968 bits per heavy atom. The highest BCUT2D eigenvalue weighted by atomic mass is 15.0. The number of rotatable bonds is 8. The van der Waals surface area contributed by atoms with E-state index in [-0.39, 0.29) is 0 Å². The minimum atomic E-state index is 0.503. The van der Waals surface area contributed by atoms with E-state index in [1.165, 1.54) is 38.1 Å². The summed E-state index contributed by atoms with van der Waals surface area (Å²) in [6.07, 6.45) is 0. The maximum Gasteiger partial charge on any atom is 0.161 e. The molecular formula is C58H41N5. The van der Waals surface area contributed by atoms with Crippen molar-refractivity contribution in [1.82, 2.24) is 9.13 Å². The number of amidine groups is 2. The largest absolute Gasteiger partial charge is 0.309 e. The number of nitrogens with zero attached hydrogens (tertiary/aromatic N) is 5. The Kier molecular flexibility index (Phi) is 9.68. The van der Waals surface area contributed by atoms with E-state index in [2.05, 4.69) is 191 Å². The van der Waals surface area contributed by atoms with Crippen molar-refractivity contribution in [2.24, 2.45) is 15.0 Å². The molecule has 0 fully saturated rings. The molecule has 9 aromatic carbocycles. The topological polar surface area (TPSA) is 46.9 Å². The molecule has 2 heterocycles. The summed E-state index contributed by atoms with van der Waals surface area (Å²) in [5.74, 6) is 1.13. The van der Waals surface area contributed by atoms with Crippen LogP contribution in [-0.4, -0.2) is 27.5 Å². The first-order chi connectivity index (χ1) is 31.2. The molecule has 0 saturated carbocycles. The lowest BCUT2D eigenvalue weighted by molar-refractivity contribution is 1.06. The van der Waals surface area contributed by atoms with Crippen LogP contribution in [0.1, 0.15) is 16.7 Å². The molecule has 0 spiro atoms. The summed E-state index contributed by atoms with van der Waals surface area (Å²) in [5.41, 5.74) is 14.3. The molecule has 0 aliphatic carbocycles. The van der Waals surface area contributed by atoms with E-state index in [1.807, 2.05) is 54.6 Å². The lowest BCUT2D eigenvalue weighted by Gasteiger charge is -2.12. The first kappa shape index (κ1) is 37.6. The van der Waals surface area contributed by atoms with E-state index >= 15 is 0 Å². The Bertz CT molecular complexity index is 3540. The Balaban J connectivity index is 1.00. The molecule has 0 aliphatic rings. The molecule has 0 atom stereocenters. The molecular weight excluding hydrogens is 767 g/mol. The zero-order valence-electron chi connectivity index (χ0n) is 34.5. The first-order valence-electron chi connectivity index (χ1n) is 21.2. The van der Waals surface area contributed by atoms with Gasteiger partial charge in [-0.15, -0.1) is 0 Å². The zero-order chi connectivity index (χ0) is 42.1. The highest BCUT2D eigenvalue weighted by Gasteiger charge is 2.18. The van der Waals surface area contributed by atoms with E-state index in [9.17, 15) is 0 Å². The molecule has 0 amide bonds. The number of fused-ring (bicyclic) bond motifs is 6. The van der Waals surface area contributed by atoms with Crippen LogP contribution in [-0.2, 0) is 6.54 Å². The molecule has 0 bridgehead atoms. The highest BCUT2D eigenvalue weighted by Crippen LogP contribution is 2.40. The van der Waals surface area contributed by atoms with Crippen LogP contribution in [0.3, 0.4) is 0 Å².